The van der Waals surface area contributed by atoms with Gasteiger partial charge in [0.05, 0.1) is 9.75 Å². The van der Waals surface area contributed by atoms with Gasteiger partial charge in [0.25, 0.3) is 0 Å². The van der Waals surface area contributed by atoms with Gasteiger partial charge in [-0.3, -0.25) is 0 Å². The van der Waals surface area contributed by atoms with Crippen molar-refractivity contribution in [2.75, 3.05) is 0 Å². The summed E-state index contributed by atoms with van der Waals surface area (Å²) < 4.78 is 0. The zero-order valence-electron chi connectivity index (χ0n) is 9.22. The van der Waals surface area contributed by atoms with Gasteiger partial charge in [0.2, 0.25) is 0 Å². The number of nitrogens with zero attached hydrogens (tertiary/aromatic N) is 2. The Labute approximate surface area is 111 Å². The minimum Gasteiger partial charge on any atom is -0.409 e. The van der Waals surface area contributed by atoms with E-state index in [2.05, 4.69) is 10.3 Å². The molecule has 0 radical (unpaired) electrons. The van der Waals surface area contributed by atoms with Crippen LogP contribution in [0.1, 0.15) is 9.75 Å². The van der Waals surface area contributed by atoms with E-state index in [1.54, 1.807) is 12.1 Å². The number of thiophene rings is 2. The van der Waals surface area contributed by atoms with E-state index >= 15 is 0 Å². The Balaban J connectivity index is 0.000000180. The van der Waals surface area contributed by atoms with Gasteiger partial charge in [-0.05, 0) is 22.9 Å². The monoisotopic (exact) mass is 284 g/mol. The fourth-order valence-corrected chi connectivity index (χ4v) is 2.19. The Morgan fingerprint density at radius 3 is 1.50 bits per heavy atom. The predicted molar refractivity (Wildman–Crippen MR) is 73.7 cm³/mol. The molecule has 18 heavy (non-hydrogen) atoms. The van der Waals surface area contributed by atoms with Gasteiger partial charge >= 0.3 is 0 Å². The minimum atomic E-state index is 0.171. The molecule has 0 aliphatic rings. The van der Waals surface area contributed by atoms with Crippen LogP contribution >= 0.6 is 22.7 Å². The van der Waals surface area contributed by atoms with Crippen molar-refractivity contribution in [2.45, 2.75) is 0 Å². The van der Waals surface area contributed by atoms with Crippen LogP contribution in [0.2, 0.25) is 0 Å². The van der Waals surface area contributed by atoms with Crippen LogP contribution in [0.25, 0.3) is 0 Å². The van der Waals surface area contributed by atoms with Crippen molar-refractivity contribution in [1.29, 1.82) is 0 Å². The molecule has 0 unspecified atom stereocenters. The van der Waals surface area contributed by atoms with E-state index in [4.69, 9.17) is 21.9 Å². The molecule has 2 aromatic rings. The van der Waals surface area contributed by atoms with Gasteiger partial charge in [-0.1, -0.05) is 22.4 Å². The number of hydrogen-bond acceptors (Lipinski definition) is 6. The fraction of sp³-hybridized carbons (Fsp3) is 0. The van der Waals surface area contributed by atoms with E-state index < -0.39 is 0 Å². The maximum atomic E-state index is 8.18. The molecule has 0 amide bonds. The van der Waals surface area contributed by atoms with Crippen molar-refractivity contribution in [3.63, 3.8) is 0 Å². The molecule has 0 saturated carbocycles. The number of rotatable bonds is 2. The van der Waals surface area contributed by atoms with E-state index in [0.717, 1.165) is 9.75 Å². The van der Waals surface area contributed by atoms with Crippen molar-refractivity contribution in [1.82, 2.24) is 0 Å². The first-order valence-corrected chi connectivity index (χ1v) is 6.47. The molecule has 96 valence electrons. The molecule has 8 heteroatoms. The van der Waals surface area contributed by atoms with E-state index in [0.29, 0.717) is 0 Å². The van der Waals surface area contributed by atoms with Gasteiger partial charge in [-0.15, -0.1) is 22.7 Å². The second kappa shape index (κ2) is 7.30. The largest absolute Gasteiger partial charge is 0.409 e. The average molecular weight is 284 g/mol. The number of oxime groups is 2. The molecule has 6 nitrogen and oxygen atoms in total. The van der Waals surface area contributed by atoms with Gasteiger partial charge in [-0.25, -0.2) is 0 Å². The van der Waals surface area contributed by atoms with Gasteiger partial charge < -0.3 is 21.9 Å². The van der Waals surface area contributed by atoms with Crippen LogP contribution in [-0.2, 0) is 0 Å². The standard InChI is InChI=1S/2C5H6N2OS/c2*6-5(7-8)4-2-1-3-9-4/h2*1-3,8H,(H2,6,7). The summed E-state index contributed by atoms with van der Waals surface area (Å²) in [5.74, 6) is 0.343. The van der Waals surface area contributed by atoms with Crippen LogP contribution in [0, 0.1) is 0 Å². The zero-order chi connectivity index (χ0) is 13.4. The number of nitrogens with two attached hydrogens (primary N) is 2. The highest BCUT2D eigenvalue weighted by Gasteiger charge is 1.96. The molecule has 0 atom stereocenters. The van der Waals surface area contributed by atoms with E-state index in [-0.39, 0.29) is 11.7 Å². The molecule has 0 aliphatic heterocycles. The second-order valence-electron chi connectivity index (χ2n) is 2.93. The third-order valence-corrected chi connectivity index (χ3v) is 3.55. The summed E-state index contributed by atoms with van der Waals surface area (Å²) >= 11 is 2.88. The Morgan fingerprint density at radius 1 is 0.889 bits per heavy atom. The highest BCUT2D eigenvalue weighted by Crippen LogP contribution is 2.07. The highest BCUT2D eigenvalue weighted by molar-refractivity contribution is 7.12. The van der Waals surface area contributed by atoms with Crippen molar-refractivity contribution < 1.29 is 10.4 Å². The van der Waals surface area contributed by atoms with E-state index in [1.807, 2.05) is 22.9 Å². The van der Waals surface area contributed by atoms with Crippen LogP contribution in [0.4, 0.5) is 0 Å². The lowest BCUT2D eigenvalue weighted by Gasteiger charge is -1.87. The first kappa shape index (κ1) is 14.0. The smallest absolute Gasteiger partial charge is 0.180 e. The number of amidine groups is 2. The summed E-state index contributed by atoms with van der Waals surface area (Å²) in [6.45, 7) is 0. The molecule has 0 fully saturated rings. The quantitative estimate of drug-likeness (QED) is 0.290. The van der Waals surface area contributed by atoms with Crippen molar-refractivity contribution in [2.24, 2.45) is 21.8 Å². The molecule has 0 spiro atoms. The highest BCUT2D eigenvalue weighted by atomic mass is 32.1. The summed E-state index contributed by atoms with van der Waals surface area (Å²) in [5, 5.41) is 25.8. The molecule has 0 bridgehead atoms. The lowest BCUT2D eigenvalue weighted by Crippen LogP contribution is -2.10. The zero-order valence-corrected chi connectivity index (χ0v) is 10.9. The summed E-state index contributed by atoms with van der Waals surface area (Å²) in [4.78, 5) is 1.58. The maximum absolute atomic E-state index is 8.18. The topological polar surface area (TPSA) is 117 Å². The van der Waals surface area contributed by atoms with Gasteiger partial charge in [0.1, 0.15) is 0 Å². The van der Waals surface area contributed by atoms with Crippen LogP contribution in [0.15, 0.2) is 45.3 Å². The molecule has 6 N–H and O–H groups in total. The van der Waals surface area contributed by atoms with Crippen molar-refractivity contribution in [3.8, 4) is 0 Å². The van der Waals surface area contributed by atoms with Crippen molar-refractivity contribution in [3.05, 3.63) is 44.8 Å². The molecule has 2 heterocycles. The number of hydrogen-bond donors (Lipinski definition) is 4. The van der Waals surface area contributed by atoms with Gasteiger partial charge in [0, 0.05) is 0 Å². The Morgan fingerprint density at radius 2 is 1.28 bits per heavy atom. The molecule has 0 saturated heterocycles. The molecule has 0 aliphatic carbocycles. The third-order valence-electron chi connectivity index (χ3n) is 1.76. The SMILES string of the molecule is NC(=NO)c1cccs1.NC(=NO)c1cccs1. The Hall–Kier alpha value is -2.06. The first-order chi connectivity index (χ1) is 8.69. The summed E-state index contributed by atoms with van der Waals surface area (Å²) in [5.41, 5.74) is 10.5. The first-order valence-electron chi connectivity index (χ1n) is 4.71. The summed E-state index contributed by atoms with van der Waals surface area (Å²) in [7, 11) is 0. The lowest BCUT2D eigenvalue weighted by molar-refractivity contribution is 0.318. The predicted octanol–water partition coefficient (Wildman–Crippen LogP) is 1.69. The molecular formula is C10H12N4O2S2. The van der Waals surface area contributed by atoms with Crippen molar-refractivity contribution >= 4 is 34.3 Å². The summed E-state index contributed by atoms with van der Waals surface area (Å²) in [6, 6.07) is 7.27. The van der Waals surface area contributed by atoms with Crippen LogP contribution in [-0.4, -0.2) is 22.1 Å². The van der Waals surface area contributed by atoms with Gasteiger partial charge in [0.15, 0.2) is 11.7 Å². The fourth-order valence-electron chi connectivity index (χ4n) is 0.947. The van der Waals surface area contributed by atoms with E-state index in [9.17, 15) is 0 Å². The molecule has 2 aromatic heterocycles. The van der Waals surface area contributed by atoms with Crippen LogP contribution < -0.4 is 11.5 Å². The maximum Gasteiger partial charge on any atom is 0.180 e. The third kappa shape index (κ3) is 4.07. The minimum absolute atomic E-state index is 0.171. The average Bonchev–Trinajstić information content (AvgIpc) is 3.09. The Kier molecular flexibility index (Phi) is 5.68. The Bertz CT molecular complexity index is 458. The van der Waals surface area contributed by atoms with E-state index in [1.165, 1.54) is 22.7 Å². The molecule has 2 rings (SSSR count). The normalized spacial score (nSPS) is 11.8. The lowest BCUT2D eigenvalue weighted by atomic mass is 10.4. The molecular weight excluding hydrogens is 272 g/mol. The van der Waals surface area contributed by atoms with Gasteiger partial charge in [-0.2, -0.15) is 0 Å². The summed E-state index contributed by atoms with van der Waals surface area (Å²) in [6.07, 6.45) is 0. The van der Waals surface area contributed by atoms with Crippen LogP contribution in [0.5, 0.6) is 0 Å². The second-order valence-corrected chi connectivity index (χ2v) is 4.82. The molecule has 0 aromatic carbocycles. The van der Waals surface area contributed by atoms with Crippen LogP contribution in [0.3, 0.4) is 0 Å².